The number of hydrogen-bond acceptors (Lipinski definition) is 3. The summed E-state index contributed by atoms with van der Waals surface area (Å²) in [6.07, 6.45) is 0. The quantitative estimate of drug-likeness (QED) is 0.549. The van der Waals surface area contributed by atoms with Crippen LogP contribution in [0.4, 0.5) is 0 Å². The Morgan fingerprint density at radius 1 is 1.00 bits per heavy atom. The molecule has 0 saturated carbocycles. The number of piperazine rings is 1. The standard InChI is InChI=1S/C28H25ClN2O3/c1-28-25(19-10-6-3-7-11-19)22-17-34-23-13-12-20(29)14-21(23)26(22)31(28)24(32)16-30(27(28)33)15-18-8-4-2-5-9-18/h2-14,22,25-26H,15-17H2,1H3/t22?,25?,26?,28-/m1/s1. The lowest BCUT2D eigenvalue weighted by Gasteiger charge is -2.47. The molecule has 3 aliphatic rings. The lowest BCUT2D eigenvalue weighted by molar-refractivity contribution is -0.164. The molecule has 0 N–H and O–H groups in total. The first kappa shape index (κ1) is 21.2. The molecular weight excluding hydrogens is 448 g/mol. The second-order valence-corrected chi connectivity index (χ2v) is 9.98. The third-order valence-electron chi connectivity index (χ3n) is 7.63. The van der Waals surface area contributed by atoms with Crippen LogP contribution in [-0.4, -0.2) is 40.3 Å². The molecule has 6 heteroatoms. The number of rotatable bonds is 3. The number of ether oxygens (including phenoxy) is 1. The van der Waals surface area contributed by atoms with E-state index in [9.17, 15) is 9.59 Å². The Hall–Kier alpha value is -3.31. The fourth-order valence-electron chi connectivity index (χ4n) is 6.30. The molecule has 0 aromatic heterocycles. The first-order chi connectivity index (χ1) is 16.5. The van der Waals surface area contributed by atoms with Crippen molar-refractivity contribution in [2.24, 2.45) is 5.92 Å². The number of amides is 2. The number of nitrogens with zero attached hydrogens (tertiary/aromatic N) is 2. The summed E-state index contributed by atoms with van der Waals surface area (Å²) >= 11 is 6.37. The van der Waals surface area contributed by atoms with Crippen LogP contribution in [0.15, 0.2) is 78.9 Å². The fraction of sp³-hybridized carbons (Fsp3) is 0.286. The molecule has 3 aromatic carbocycles. The average molecular weight is 473 g/mol. The molecule has 34 heavy (non-hydrogen) atoms. The van der Waals surface area contributed by atoms with Gasteiger partial charge in [0.2, 0.25) is 11.8 Å². The minimum Gasteiger partial charge on any atom is -0.493 e. The number of halogens is 1. The maximum absolute atomic E-state index is 14.2. The molecule has 3 unspecified atom stereocenters. The van der Waals surface area contributed by atoms with Gasteiger partial charge in [-0.05, 0) is 36.2 Å². The summed E-state index contributed by atoms with van der Waals surface area (Å²) in [6.45, 7) is 2.84. The van der Waals surface area contributed by atoms with Crippen molar-refractivity contribution in [3.63, 3.8) is 0 Å². The topological polar surface area (TPSA) is 49.9 Å². The van der Waals surface area contributed by atoms with Crippen molar-refractivity contribution in [2.75, 3.05) is 13.2 Å². The number of benzene rings is 3. The van der Waals surface area contributed by atoms with Crippen molar-refractivity contribution in [3.8, 4) is 5.75 Å². The van der Waals surface area contributed by atoms with Gasteiger partial charge in [0.15, 0.2) is 0 Å². The molecular formula is C28H25ClN2O3. The van der Waals surface area contributed by atoms with Crippen LogP contribution in [0.2, 0.25) is 5.02 Å². The Bertz CT molecular complexity index is 1270. The van der Waals surface area contributed by atoms with Crippen molar-refractivity contribution in [3.05, 3.63) is 101 Å². The van der Waals surface area contributed by atoms with Gasteiger partial charge in [0, 0.05) is 29.0 Å². The molecule has 0 bridgehead atoms. The number of fused-ring (bicyclic) bond motifs is 5. The zero-order chi connectivity index (χ0) is 23.4. The SMILES string of the molecule is C[C@@]12C(=O)N(Cc3ccccc3)CC(=O)N1C1c3cc(Cl)ccc3OCC1C2c1ccccc1. The van der Waals surface area contributed by atoms with Gasteiger partial charge >= 0.3 is 0 Å². The van der Waals surface area contributed by atoms with Gasteiger partial charge < -0.3 is 14.5 Å². The van der Waals surface area contributed by atoms with Crippen LogP contribution in [-0.2, 0) is 16.1 Å². The van der Waals surface area contributed by atoms with Gasteiger partial charge in [0.25, 0.3) is 0 Å². The van der Waals surface area contributed by atoms with E-state index in [2.05, 4.69) is 12.1 Å². The molecule has 4 atom stereocenters. The summed E-state index contributed by atoms with van der Waals surface area (Å²) in [5.74, 6) is 0.388. The highest BCUT2D eigenvalue weighted by atomic mass is 35.5. The van der Waals surface area contributed by atoms with E-state index in [1.54, 1.807) is 11.0 Å². The molecule has 0 radical (unpaired) electrons. The van der Waals surface area contributed by atoms with E-state index in [0.717, 1.165) is 22.4 Å². The van der Waals surface area contributed by atoms with E-state index < -0.39 is 5.54 Å². The highest BCUT2D eigenvalue weighted by Gasteiger charge is 2.66. The van der Waals surface area contributed by atoms with Gasteiger partial charge in [-0.2, -0.15) is 0 Å². The van der Waals surface area contributed by atoms with E-state index in [1.807, 2.05) is 72.5 Å². The molecule has 2 fully saturated rings. The van der Waals surface area contributed by atoms with Gasteiger partial charge in [-0.15, -0.1) is 0 Å². The molecule has 172 valence electrons. The molecule has 2 saturated heterocycles. The molecule has 3 aromatic rings. The van der Waals surface area contributed by atoms with E-state index in [0.29, 0.717) is 18.2 Å². The van der Waals surface area contributed by atoms with Crippen molar-refractivity contribution in [1.29, 1.82) is 0 Å². The van der Waals surface area contributed by atoms with E-state index in [4.69, 9.17) is 16.3 Å². The summed E-state index contributed by atoms with van der Waals surface area (Å²) in [6, 6.07) is 25.2. The van der Waals surface area contributed by atoms with Crippen molar-refractivity contribution in [2.45, 2.75) is 31.0 Å². The van der Waals surface area contributed by atoms with Crippen LogP contribution in [0, 0.1) is 5.92 Å². The Balaban J connectivity index is 1.50. The minimum absolute atomic E-state index is 0.0252. The van der Waals surface area contributed by atoms with Crippen LogP contribution in [0.5, 0.6) is 5.75 Å². The van der Waals surface area contributed by atoms with E-state index >= 15 is 0 Å². The van der Waals surface area contributed by atoms with Gasteiger partial charge in [-0.3, -0.25) is 9.59 Å². The third-order valence-corrected chi connectivity index (χ3v) is 7.86. The van der Waals surface area contributed by atoms with Crippen molar-refractivity contribution < 1.29 is 14.3 Å². The molecule has 2 amide bonds. The highest BCUT2D eigenvalue weighted by molar-refractivity contribution is 6.30. The Kier molecular flexibility index (Phi) is 4.92. The van der Waals surface area contributed by atoms with Gasteiger partial charge in [0.1, 0.15) is 17.8 Å². The van der Waals surface area contributed by atoms with Crippen molar-refractivity contribution in [1.82, 2.24) is 9.80 Å². The molecule has 3 aliphatic heterocycles. The van der Waals surface area contributed by atoms with E-state index in [1.165, 1.54) is 0 Å². The zero-order valence-electron chi connectivity index (χ0n) is 18.9. The highest BCUT2D eigenvalue weighted by Crippen LogP contribution is 2.60. The number of carbonyl (C=O) groups is 2. The average Bonchev–Trinajstić information content (AvgIpc) is 3.14. The lowest BCUT2D eigenvalue weighted by Crippen LogP contribution is -2.65. The zero-order valence-corrected chi connectivity index (χ0v) is 19.6. The Morgan fingerprint density at radius 3 is 2.44 bits per heavy atom. The normalized spacial score (nSPS) is 27.6. The second-order valence-electron chi connectivity index (χ2n) is 9.55. The summed E-state index contributed by atoms with van der Waals surface area (Å²) in [5.41, 5.74) is 1.90. The van der Waals surface area contributed by atoms with Gasteiger partial charge in [0.05, 0.1) is 12.6 Å². The molecule has 5 nitrogen and oxygen atoms in total. The van der Waals surface area contributed by atoms with Gasteiger partial charge in [-0.25, -0.2) is 0 Å². The van der Waals surface area contributed by atoms with Crippen LogP contribution < -0.4 is 4.74 Å². The number of carbonyl (C=O) groups excluding carboxylic acids is 2. The first-order valence-corrected chi connectivity index (χ1v) is 12.0. The molecule has 6 rings (SSSR count). The summed E-state index contributed by atoms with van der Waals surface area (Å²) in [5, 5.41) is 0.592. The van der Waals surface area contributed by atoms with Crippen LogP contribution in [0.1, 0.15) is 35.6 Å². The maximum Gasteiger partial charge on any atom is 0.249 e. The largest absolute Gasteiger partial charge is 0.493 e. The predicted molar refractivity (Wildman–Crippen MR) is 129 cm³/mol. The molecule has 0 spiro atoms. The summed E-state index contributed by atoms with van der Waals surface area (Å²) in [4.78, 5) is 31.6. The maximum atomic E-state index is 14.2. The summed E-state index contributed by atoms with van der Waals surface area (Å²) < 4.78 is 6.17. The van der Waals surface area contributed by atoms with Crippen LogP contribution in [0.3, 0.4) is 0 Å². The second kappa shape index (κ2) is 7.88. The first-order valence-electron chi connectivity index (χ1n) is 11.6. The fourth-order valence-corrected chi connectivity index (χ4v) is 6.48. The third kappa shape index (κ3) is 3.07. The van der Waals surface area contributed by atoms with Crippen LogP contribution >= 0.6 is 11.6 Å². The molecule has 3 heterocycles. The van der Waals surface area contributed by atoms with Gasteiger partial charge in [-0.1, -0.05) is 72.3 Å². The van der Waals surface area contributed by atoms with Crippen molar-refractivity contribution >= 4 is 23.4 Å². The Morgan fingerprint density at radius 2 is 1.71 bits per heavy atom. The number of hydrogen-bond donors (Lipinski definition) is 0. The predicted octanol–water partition coefficient (Wildman–Crippen LogP) is 4.82. The smallest absolute Gasteiger partial charge is 0.249 e. The van der Waals surface area contributed by atoms with Crippen LogP contribution in [0.25, 0.3) is 0 Å². The van der Waals surface area contributed by atoms with E-state index in [-0.39, 0.29) is 36.2 Å². The lowest BCUT2D eigenvalue weighted by atomic mass is 9.73. The minimum atomic E-state index is -1.03. The molecule has 0 aliphatic carbocycles. The summed E-state index contributed by atoms with van der Waals surface area (Å²) in [7, 11) is 0. The Labute approximate surface area is 203 Å². The monoisotopic (exact) mass is 472 g/mol.